The summed E-state index contributed by atoms with van der Waals surface area (Å²) >= 11 is 0. The highest BCUT2D eigenvalue weighted by atomic mass is 16.1. The monoisotopic (exact) mass is 184 g/mol. The molecule has 0 saturated heterocycles. The van der Waals surface area contributed by atoms with Gasteiger partial charge >= 0.3 is 0 Å². The molecule has 0 atom stereocenters. The van der Waals surface area contributed by atoms with Gasteiger partial charge in [0.2, 0.25) is 0 Å². The van der Waals surface area contributed by atoms with Gasteiger partial charge in [0.25, 0.3) is 5.91 Å². The van der Waals surface area contributed by atoms with Crippen LogP contribution < -0.4 is 10.6 Å². The van der Waals surface area contributed by atoms with Crippen molar-refractivity contribution in [3.63, 3.8) is 0 Å². The molecule has 3 rings (SSSR count). The highest BCUT2D eigenvalue weighted by Gasteiger charge is 2.10. The lowest BCUT2D eigenvalue weighted by Crippen LogP contribution is -2.29. The van der Waals surface area contributed by atoms with E-state index in [0.29, 0.717) is 16.9 Å². The van der Waals surface area contributed by atoms with Crippen LogP contribution in [-0.4, -0.2) is 23.3 Å². The summed E-state index contributed by atoms with van der Waals surface area (Å²) < 4.78 is 0. The van der Waals surface area contributed by atoms with E-state index in [-0.39, 0.29) is 5.91 Å². The number of carbonyl (C=O) groups excluding carboxylic acids is 1. The number of nitrogens with zero attached hydrogens (tertiary/aromatic N) is 4. The van der Waals surface area contributed by atoms with Gasteiger partial charge in [-0.25, -0.2) is 20.0 Å². The van der Waals surface area contributed by atoms with E-state index in [4.69, 9.17) is 0 Å². The van der Waals surface area contributed by atoms with Gasteiger partial charge in [-0.1, -0.05) is 0 Å². The SMILES string of the molecule is O=C1C=Nc2cnc3c(c2=N1)=CC=N3. The summed E-state index contributed by atoms with van der Waals surface area (Å²) in [5.74, 6) is 0.253. The second-order valence-electron chi connectivity index (χ2n) is 2.88. The fourth-order valence-corrected chi connectivity index (χ4v) is 1.41. The Balaban J connectivity index is 2.51. The van der Waals surface area contributed by atoms with E-state index < -0.39 is 0 Å². The Morgan fingerprint density at radius 1 is 1.21 bits per heavy atom. The van der Waals surface area contributed by atoms with Crippen LogP contribution >= 0.6 is 0 Å². The minimum absolute atomic E-state index is 0.341. The molecule has 0 N–H and O–H groups in total. The van der Waals surface area contributed by atoms with Gasteiger partial charge < -0.3 is 0 Å². The van der Waals surface area contributed by atoms with Crippen LogP contribution in [-0.2, 0) is 4.79 Å². The Morgan fingerprint density at radius 3 is 3.07 bits per heavy atom. The zero-order valence-electron chi connectivity index (χ0n) is 7.01. The van der Waals surface area contributed by atoms with Crippen molar-refractivity contribution in [2.75, 3.05) is 0 Å². The van der Waals surface area contributed by atoms with Gasteiger partial charge in [0.15, 0.2) is 5.82 Å². The molecule has 1 aromatic rings. The van der Waals surface area contributed by atoms with Crippen LogP contribution in [0.2, 0.25) is 0 Å². The summed E-state index contributed by atoms with van der Waals surface area (Å²) in [4.78, 5) is 27.0. The molecule has 0 saturated carbocycles. The average Bonchev–Trinajstić information content (AvgIpc) is 2.65. The van der Waals surface area contributed by atoms with Crippen molar-refractivity contribution in [1.29, 1.82) is 0 Å². The highest BCUT2D eigenvalue weighted by Crippen LogP contribution is 2.08. The predicted molar refractivity (Wildman–Crippen MR) is 50.8 cm³/mol. The lowest BCUT2D eigenvalue weighted by Gasteiger charge is -1.99. The summed E-state index contributed by atoms with van der Waals surface area (Å²) in [6.45, 7) is 0. The maximum absolute atomic E-state index is 11.0. The smallest absolute Gasteiger partial charge is 0.266 e. The van der Waals surface area contributed by atoms with Gasteiger partial charge in [-0.05, 0) is 6.08 Å². The van der Waals surface area contributed by atoms with Crippen molar-refractivity contribution >= 4 is 35.9 Å². The Bertz CT molecular complexity index is 612. The number of pyridine rings is 1. The quantitative estimate of drug-likeness (QED) is 0.542. The number of hydrogen-bond donors (Lipinski definition) is 0. The maximum atomic E-state index is 11.0. The Kier molecular flexibility index (Phi) is 1.25. The van der Waals surface area contributed by atoms with Crippen LogP contribution in [0.4, 0.5) is 11.5 Å². The Hall–Kier alpha value is -2.17. The number of carbonyl (C=O) groups is 1. The molecule has 14 heavy (non-hydrogen) atoms. The normalized spacial score (nSPS) is 15.9. The molecule has 0 fully saturated rings. The first-order valence-electron chi connectivity index (χ1n) is 4.05. The third kappa shape index (κ3) is 0.861. The molecule has 0 aliphatic carbocycles. The van der Waals surface area contributed by atoms with Crippen LogP contribution in [0.5, 0.6) is 0 Å². The maximum Gasteiger partial charge on any atom is 0.288 e. The second-order valence-corrected chi connectivity index (χ2v) is 2.88. The van der Waals surface area contributed by atoms with Gasteiger partial charge in [0, 0.05) is 11.4 Å². The van der Waals surface area contributed by atoms with Crippen LogP contribution in [0.3, 0.4) is 0 Å². The molecule has 1 aromatic heterocycles. The molecule has 2 aliphatic heterocycles. The summed E-state index contributed by atoms with van der Waals surface area (Å²) in [6, 6.07) is 0. The number of hydrogen-bond acceptors (Lipinski definition) is 4. The molecule has 0 unspecified atom stereocenters. The summed E-state index contributed by atoms with van der Waals surface area (Å²) in [5.41, 5.74) is 0.616. The molecule has 0 spiro atoms. The van der Waals surface area contributed by atoms with E-state index in [1.165, 1.54) is 6.21 Å². The molecule has 3 heterocycles. The largest absolute Gasteiger partial charge is 0.288 e. The fraction of sp³-hybridized carbons (Fsp3) is 0. The van der Waals surface area contributed by atoms with Gasteiger partial charge in [0.05, 0.1) is 12.4 Å². The lowest BCUT2D eigenvalue weighted by molar-refractivity contribution is -0.111. The predicted octanol–water partition coefficient (Wildman–Crippen LogP) is -0.560. The number of aromatic nitrogens is 1. The molecule has 5 nitrogen and oxygen atoms in total. The van der Waals surface area contributed by atoms with Gasteiger partial charge in [0.1, 0.15) is 11.0 Å². The molecule has 5 heteroatoms. The van der Waals surface area contributed by atoms with E-state index >= 15 is 0 Å². The van der Waals surface area contributed by atoms with Crippen molar-refractivity contribution < 1.29 is 4.79 Å². The van der Waals surface area contributed by atoms with Crippen molar-refractivity contribution in [3.8, 4) is 0 Å². The molecule has 2 aliphatic rings. The number of aliphatic imine (C=N–C) groups is 2. The average molecular weight is 184 g/mol. The third-order valence-electron chi connectivity index (χ3n) is 2.02. The minimum atomic E-state index is -0.341. The Labute approximate surface area is 78.3 Å². The summed E-state index contributed by atoms with van der Waals surface area (Å²) in [5, 5.41) is 1.34. The summed E-state index contributed by atoms with van der Waals surface area (Å²) in [7, 11) is 0. The minimum Gasteiger partial charge on any atom is -0.266 e. The molecule has 1 amide bonds. The molecule has 0 radical (unpaired) electrons. The van der Waals surface area contributed by atoms with Crippen molar-refractivity contribution in [2.24, 2.45) is 15.0 Å². The Morgan fingerprint density at radius 2 is 2.14 bits per heavy atom. The molecular formula is C9H4N4O. The first-order valence-corrected chi connectivity index (χ1v) is 4.05. The first kappa shape index (κ1) is 7.25. The van der Waals surface area contributed by atoms with E-state index in [2.05, 4.69) is 20.0 Å². The zero-order valence-corrected chi connectivity index (χ0v) is 7.01. The highest BCUT2D eigenvalue weighted by molar-refractivity contribution is 6.28. The topological polar surface area (TPSA) is 67.0 Å². The van der Waals surface area contributed by atoms with Crippen LogP contribution in [0.15, 0.2) is 21.2 Å². The number of amides is 1. The van der Waals surface area contributed by atoms with E-state index in [1.807, 2.05) is 0 Å². The molecular weight excluding hydrogens is 180 g/mol. The third-order valence-corrected chi connectivity index (χ3v) is 2.02. The number of fused-ring (bicyclic) bond motifs is 3. The van der Waals surface area contributed by atoms with E-state index in [1.54, 1.807) is 18.5 Å². The van der Waals surface area contributed by atoms with Gasteiger partial charge in [-0.15, -0.1) is 0 Å². The molecule has 66 valence electrons. The molecule has 0 bridgehead atoms. The number of rotatable bonds is 0. The second kappa shape index (κ2) is 2.41. The lowest BCUT2D eigenvalue weighted by atomic mass is 10.3. The van der Waals surface area contributed by atoms with Gasteiger partial charge in [-0.3, -0.25) is 4.79 Å². The molecule has 0 aromatic carbocycles. The standard InChI is InChI=1S/C9H4N4O/c14-7-4-11-6-3-12-9-5(1-2-10-9)8(6)13-7/h1-4H. The zero-order chi connectivity index (χ0) is 9.54. The van der Waals surface area contributed by atoms with Crippen molar-refractivity contribution in [1.82, 2.24) is 4.98 Å². The van der Waals surface area contributed by atoms with Crippen LogP contribution in [0.1, 0.15) is 0 Å². The fourth-order valence-electron chi connectivity index (χ4n) is 1.41. The van der Waals surface area contributed by atoms with Crippen LogP contribution in [0.25, 0.3) is 6.08 Å². The van der Waals surface area contributed by atoms with E-state index in [9.17, 15) is 4.79 Å². The van der Waals surface area contributed by atoms with Gasteiger partial charge in [-0.2, -0.15) is 0 Å². The van der Waals surface area contributed by atoms with Crippen molar-refractivity contribution in [2.45, 2.75) is 0 Å². The first-order chi connectivity index (χ1) is 6.84. The van der Waals surface area contributed by atoms with E-state index in [0.717, 1.165) is 5.22 Å². The van der Waals surface area contributed by atoms with Crippen molar-refractivity contribution in [3.05, 3.63) is 16.8 Å². The summed E-state index contributed by atoms with van der Waals surface area (Å²) in [6.07, 6.45) is 6.17. The van der Waals surface area contributed by atoms with Crippen LogP contribution in [0, 0.1) is 0 Å².